The largest absolute Gasteiger partial charge is 0.458 e. The summed E-state index contributed by atoms with van der Waals surface area (Å²) in [6.07, 6.45) is 5.59. The van der Waals surface area contributed by atoms with Crippen LogP contribution in [0, 0.1) is 0 Å². The summed E-state index contributed by atoms with van der Waals surface area (Å²) in [7, 11) is 0. The zero-order chi connectivity index (χ0) is 15.7. The Kier molecular flexibility index (Phi) is 4.08. The van der Waals surface area contributed by atoms with Crippen molar-refractivity contribution in [3.8, 4) is 5.69 Å². The summed E-state index contributed by atoms with van der Waals surface area (Å²) in [4.78, 5) is 4.27. The smallest absolute Gasteiger partial charge is 0.186 e. The average Bonchev–Trinajstić information content (AvgIpc) is 3.13. The molecule has 0 spiro atoms. The van der Waals surface area contributed by atoms with Gasteiger partial charge in [-0.1, -0.05) is 13.8 Å². The molecule has 2 aromatic heterocycles. The lowest BCUT2D eigenvalue weighted by molar-refractivity contribution is 0.536. The molecule has 0 fully saturated rings. The van der Waals surface area contributed by atoms with Gasteiger partial charge in [0.1, 0.15) is 24.1 Å². The van der Waals surface area contributed by atoms with Crippen molar-refractivity contribution in [2.45, 2.75) is 38.0 Å². The molecule has 6 nitrogen and oxygen atoms in total. The fourth-order valence-electron chi connectivity index (χ4n) is 2.67. The van der Waals surface area contributed by atoms with Crippen LogP contribution in [0.5, 0.6) is 0 Å². The predicted octanol–water partition coefficient (Wildman–Crippen LogP) is 3.11. The molecule has 3 rings (SSSR count). The van der Waals surface area contributed by atoms with Gasteiger partial charge in [0.05, 0.1) is 4.90 Å². The van der Waals surface area contributed by atoms with Crippen molar-refractivity contribution in [2.24, 2.45) is 0 Å². The van der Waals surface area contributed by atoms with Crippen molar-refractivity contribution in [1.29, 1.82) is 0 Å². The van der Waals surface area contributed by atoms with Crippen LogP contribution in [-0.4, -0.2) is 23.5 Å². The van der Waals surface area contributed by atoms with Gasteiger partial charge in [0.15, 0.2) is 16.7 Å². The van der Waals surface area contributed by atoms with Crippen LogP contribution in [0.1, 0.15) is 31.6 Å². The molecular weight excluding hydrogens is 302 g/mol. The molecule has 0 saturated carbocycles. The summed E-state index contributed by atoms with van der Waals surface area (Å²) >= 11 is -2.06. The second-order valence-corrected chi connectivity index (χ2v) is 5.99. The summed E-state index contributed by atoms with van der Waals surface area (Å²) in [5, 5.41) is 4.98. The van der Waals surface area contributed by atoms with E-state index in [1.54, 1.807) is 23.1 Å². The summed E-state index contributed by atoms with van der Waals surface area (Å²) in [6, 6.07) is 3.35. The molecule has 1 N–H and O–H groups in total. The molecule has 1 atom stereocenters. The van der Waals surface area contributed by atoms with Gasteiger partial charge < -0.3 is 8.97 Å². The zero-order valence-corrected chi connectivity index (χ0v) is 13.3. The van der Waals surface area contributed by atoms with E-state index in [2.05, 4.69) is 23.9 Å². The Morgan fingerprint density at radius 3 is 2.77 bits per heavy atom. The summed E-state index contributed by atoms with van der Waals surface area (Å²) in [5.74, 6) is 0.933. The minimum absolute atomic E-state index is 0.330. The Bertz CT molecular complexity index is 824. The third-order valence-electron chi connectivity index (χ3n) is 3.63. The molecule has 0 amide bonds. The second kappa shape index (κ2) is 6.02. The Balaban J connectivity index is 2.35. The molecule has 1 aromatic carbocycles. The van der Waals surface area contributed by atoms with Gasteiger partial charge in [-0.3, -0.25) is 0 Å². The average molecular weight is 319 g/mol. The molecule has 116 valence electrons. The first kappa shape index (κ1) is 14.9. The molecule has 7 heteroatoms. The van der Waals surface area contributed by atoms with Crippen LogP contribution in [-0.2, 0) is 23.9 Å². The van der Waals surface area contributed by atoms with Gasteiger partial charge in [-0.05, 0) is 25.0 Å². The normalized spacial score (nSPS) is 12.9. The first-order valence-corrected chi connectivity index (χ1v) is 8.30. The highest BCUT2D eigenvalue weighted by molar-refractivity contribution is 7.79. The molecule has 1 unspecified atom stereocenters. The highest BCUT2D eigenvalue weighted by atomic mass is 32.2. The lowest BCUT2D eigenvalue weighted by atomic mass is 10.1. The van der Waals surface area contributed by atoms with Crippen LogP contribution in [0.3, 0.4) is 0 Å². The first-order valence-electron chi connectivity index (χ1n) is 7.19. The van der Waals surface area contributed by atoms with Crippen LogP contribution in [0.2, 0.25) is 0 Å². The molecule has 0 aliphatic carbocycles. The lowest BCUT2D eigenvalue weighted by Gasteiger charge is -2.04. The van der Waals surface area contributed by atoms with E-state index in [0.717, 1.165) is 36.0 Å². The maximum Gasteiger partial charge on any atom is 0.186 e. The van der Waals surface area contributed by atoms with E-state index >= 15 is 0 Å². The Labute approximate surface area is 130 Å². The standard InChI is InChI=1S/C15H17N3O3S/c1-3-5-14-11(4-2)12-6-10(22(19)20)7-13(15(12)21-14)18-9-16-8-17-18/h6-9H,3-5H2,1-2H3,(H,19,20). The van der Waals surface area contributed by atoms with Crippen LogP contribution < -0.4 is 0 Å². The van der Waals surface area contributed by atoms with Gasteiger partial charge in [0, 0.05) is 17.4 Å². The molecule has 0 bridgehead atoms. The lowest BCUT2D eigenvalue weighted by Crippen LogP contribution is -1.98. The third kappa shape index (κ3) is 2.46. The van der Waals surface area contributed by atoms with E-state index in [0.29, 0.717) is 16.2 Å². The Hall–Kier alpha value is -1.99. The van der Waals surface area contributed by atoms with Crippen molar-refractivity contribution >= 4 is 22.0 Å². The fourth-order valence-corrected chi connectivity index (χ4v) is 3.11. The topological polar surface area (TPSA) is 81.2 Å². The zero-order valence-electron chi connectivity index (χ0n) is 12.4. The van der Waals surface area contributed by atoms with E-state index in [9.17, 15) is 8.76 Å². The highest BCUT2D eigenvalue weighted by Crippen LogP contribution is 2.33. The second-order valence-electron chi connectivity index (χ2n) is 5.02. The molecule has 3 aromatic rings. The van der Waals surface area contributed by atoms with Crippen molar-refractivity contribution in [3.63, 3.8) is 0 Å². The van der Waals surface area contributed by atoms with E-state index in [-0.39, 0.29) is 0 Å². The molecule has 0 aliphatic rings. The number of aromatic nitrogens is 3. The summed E-state index contributed by atoms with van der Waals surface area (Å²) < 4.78 is 28.6. The van der Waals surface area contributed by atoms with Gasteiger partial charge in [-0.15, -0.1) is 0 Å². The number of aryl methyl sites for hydroxylation is 2. The van der Waals surface area contributed by atoms with Crippen LogP contribution in [0.4, 0.5) is 0 Å². The van der Waals surface area contributed by atoms with E-state index in [4.69, 9.17) is 4.42 Å². The number of hydrogen-bond acceptors (Lipinski definition) is 4. The van der Waals surface area contributed by atoms with Crippen LogP contribution in [0.25, 0.3) is 16.7 Å². The highest BCUT2D eigenvalue weighted by Gasteiger charge is 2.19. The maximum absolute atomic E-state index is 11.5. The minimum Gasteiger partial charge on any atom is -0.458 e. The van der Waals surface area contributed by atoms with E-state index in [1.165, 1.54) is 6.33 Å². The van der Waals surface area contributed by atoms with Crippen LogP contribution >= 0.6 is 0 Å². The van der Waals surface area contributed by atoms with Crippen molar-refractivity contribution in [1.82, 2.24) is 14.8 Å². The predicted molar refractivity (Wildman–Crippen MR) is 83.5 cm³/mol. The van der Waals surface area contributed by atoms with Gasteiger partial charge in [0.25, 0.3) is 0 Å². The maximum atomic E-state index is 11.5. The van der Waals surface area contributed by atoms with Crippen molar-refractivity contribution in [2.75, 3.05) is 0 Å². The van der Waals surface area contributed by atoms with E-state index < -0.39 is 11.1 Å². The number of fused-ring (bicyclic) bond motifs is 1. The molecule has 2 heterocycles. The quantitative estimate of drug-likeness (QED) is 0.731. The third-order valence-corrected chi connectivity index (χ3v) is 4.27. The number of rotatable bonds is 5. The molecule has 0 radical (unpaired) electrons. The Morgan fingerprint density at radius 1 is 1.36 bits per heavy atom. The van der Waals surface area contributed by atoms with Gasteiger partial charge >= 0.3 is 0 Å². The first-order chi connectivity index (χ1) is 10.7. The van der Waals surface area contributed by atoms with E-state index in [1.807, 2.05) is 0 Å². The SMILES string of the molecule is CCCc1oc2c(-n3cncn3)cc(S(=O)O)cc2c1CC. The summed E-state index contributed by atoms with van der Waals surface area (Å²) in [5.41, 5.74) is 2.40. The summed E-state index contributed by atoms with van der Waals surface area (Å²) in [6.45, 7) is 4.15. The van der Waals surface area contributed by atoms with Gasteiger partial charge in [0.2, 0.25) is 0 Å². The molecule has 0 saturated heterocycles. The fraction of sp³-hybridized carbons (Fsp3) is 0.333. The van der Waals surface area contributed by atoms with Gasteiger partial charge in [-0.25, -0.2) is 13.9 Å². The number of hydrogen-bond donors (Lipinski definition) is 1. The number of nitrogens with zero attached hydrogens (tertiary/aromatic N) is 3. The monoisotopic (exact) mass is 319 g/mol. The van der Waals surface area contributed by atoms with Crippen molar-refractivity contribution in [3.05, 3.63) is 36.1 Å². The van der Waals surface area contributed by atoms with Crippen molar-refractivity contribution < 1.29 is 13.2 Å². The molecule has 0 aliphatic heterocycles. The molecular formula is C15H17N3O3S. The Morgan fingerprint density at radius 2 is 2.18 bits per heavy atom. The number of benzene rings is 1. The minimum atomic E-state index is -2.06. The number of furan rings is 1. The molecule has 22 heavy (non-hydrogen) atoms. The van der Waals surface area contributed by atoms with Crippen LogP contribution in [0.15, 0.2) is 34.1 Å². The van der Waals surface area contributed by atoms with Gasteiger partial charge in [-0.2, -0.15) is 5.10 Å².